The van der Waals surface area contributed by atoms with E-state index in [1.165, 1.54) is 0 Å². The van der Waals surface area contributed by atoms with E-state index in [0.29, 0.717) is 37.7 Å². The Balaban J connectivity index is 0.00000182. The van der Waals surface area contributed by atoms with Crippen LogP contribution in [0, 0.1) is 5.92 Å². The number of hydrogen-bond acceptors (Lipinski definition) is 5. The first-order valence-corrected chi connectivity index (χ1v) is 8.43. The van der Waals surface area contributed by atoms with Crippen LogP contribution in [-0.4, -0.2) is 57.7 Å². The molecule has 0 radical (unpaired) electrons. The molecular formula is C17H24Cl2N6O2. The number of hydrogen-bond donors (Lipinski definition) is 2. The number of likely N-dealkylation sites (tertiary alicyclic amines) is 1. The minimum atomic E-state index is -0.196. The predicted molar refractivity (Wildman–Crippen MR) is 107 cm³/mol. The maximum absolute atomic E-state index is 12.8. The number of halogens is 2. The fourth-order valence-corrected chi connectivity index (χ4v) is 2.95. The van der Waals surface area contributed by atoms with Gasteiger partial charge in [0.25, 0.3) is 5.91 Å². The fourth-order valence-electron chi connectivity index (χ4n) is 2.95. The lowest BCUT2D eigenvalue weighted by Crippen LogP contribution is -2.46. The molecule has 1 fully saturated rings. The van der Waals surface area contributed by atoms with Crippen molar-refractivity contribution in [3.63, 3.8) is 0 Å². The van der Waals surface area contributed by atoms with Crippen LogP contribution in [0.15, 0.2) is 36.7 Å². The molecule has 1 atom stereocenters. The van der Waals surface area contributed by atoms with Gasteiger partial charge in [-0.1, -0.05) is 6.07 Å². The van der Waals surface area contributed by atoms with E-state index in [9.17, 15) is 9.59 Å². The van der Waals surface area contributed by atoms with E-state index >= 15 is 0 Å². The van der Waals surface area contributed by atoms with Gasteiger partial charge in [0.15, 0.2) is 5.82 Å². The number of amides is 2. The standard InChI is InChI=1S/C17H22N6O2.2ClH/c18-7-9-19-16(24)13-4-2-10-22(12-13)17(25)14-5-1-6-15(21-14)23-11-3-8-20-23;;/h1,3,5-6,8,11,13H,2,4,7,9-10,12,18H2,(H,19,24);2*1H. The summed E-state index contributed by atoms with van der Waals surface area (Å²) in [6.07, 6.45) is 5.01. The molecule has 10 heteroatoms. The molecule has 3 heterocycles. The Morgan fingerprint density at radius 2 is 2.07 bits per heavy atom. The largest absolute Gasteiger partial charge is 0.355 e. The number of nitrogens with zero attached hydrogens (tertiary/aromatic N) is 4. The van der Waals surface area contributed by atoms with Crippen molar-refractivity contribution in [3.05, 3.63) is 42.4 Å². The summed E-state index contributed by atoms with van der Waals surface area (Å²) >= 11 is 0. The van der Waals surface area contributed by atoms with Gasteiger partial charge in [-0.25, -0.2) is 9.67 Å². The van der Waals surface area contributed by atoms with E-state index in [1.54, 1.807) is 46.2 Å². The molecule has 8 nitrogen and oxygen atoms in total. The Morgan fingerprint density at radius 1 is 1.26 bits per heavy atom. The zero-order valence-electron chi connectivity index (χ0n) is 14.8. The van der Waals surface area contributed by atoms with Crippen LogP contribution < -0.4 is 11.1 Å². The van der Waals surface area contributed by atoms with Crippen LogP contribution in [0.3, 0.4) is 0 Å². The van der Waals surface area contributed by atoms with Crippen molar-refractivity contribution >= 4 is 36.6 Å². The van der Waals surface area contributed by atoms with Gasteiger partial charge in [-0.15, -0.1) is 24.8 Å². The lowest BCUT2D eigenvalue weighted by Gasteiger charge is -2.31. The van der Waals surface area contributed by atoms with Crippen molar-refractivity contribution in [1.29, 1.82) is 0 Å². The van der Waals surface area contributed by atoms with Crippen LogP contribution in [0.2, 0.25) is 0 Å². The highest BCUT2D eigenvalue weighted by Gasteiger charge is 2.29. The number of carbonyl (C=O) groups excluding carboxylic acids is 2. The molecule has 3 N–H and O–H groups in total. The quantitative estimate of drug-likeness (QED) is 0.759. The molecule has 2 aromatic heterocycles. The summed E-state index contributed by atoms with van der Waals surface area (Å²) in [7, 11) is 0. The van der Waals surface area contributed by atoms with Crippen LogP contribution in [0.1, 0.15) is 23.3 Å². The summed E-state index contributed by atoms with van der Waals surface area (Å²) in [4.78, 5) is 31.0. The first kappa shape index (κ1) is 22.9. The number of pyridine rings is 1. The third-order valence-corrected chi connectivity index (χ3v) is 4.22. The number of piperidine rings is 1. The van der Waals surface area contributed by atoms with Crippen LogP contribution in [0.4, 0.5) is 0 Å². The zero-order chi connectivity index (χ0) is 17.6. The molecule has 0 aromatic carbocycles. The topological polar surface area (TPSA) is 106 Å². The van der Waals surface area contributed by atoms with Crippen molar-refractivity contribution in [2.75, 3.05) is 26.2 Å². The summed E-state index contributed by atoms with van der Waals surface area (Å²) in [5.74, 6) is 0.190. The summed E-state index contributed by atoms with van der Waals surface area (Å²) < 4.78 is 1.61. The second-order valence-electron chi connectivity index (χ2n) is 6.00. The van der Waals surface area contributed by atoms with Gasteiger partial charge in [0.1, 0.15) is 5.69 Å². The molecule has 27 heavy (non-hydrogen) atoms. The maximum atomic E-state index is 12.8. The van der Waals surface area contributed by atoms with Gasteiger partial charge < -0.3 is 16.0 Å². The molecule has 1 aliphatic heterocycles. The Labute approximate surface area is 170 Å². The lowest BCUT2D eigenvalue weighted by atomic mass is 9.97. The van der Waals surface area contributed by atoms with Crippen LogP contribution in [-0.2, 0) is 4.79 Å². The molecule has 0 bridgehead atoms. The zero-order valence-corrected chi connectivity index (χ0v) is 16.4. The van der Waals surface area contributed by atoms with Crippen molar-refractivity contribution in [1.82, 2.24) is 25.0 Å². The van der Waals surface area contributed by atoms with Crippen molar-refractivity contribution < 1.29 is 9.59 Å². The molecule has 1 saturated heterocycles. The highest BCUT2D eigenvalue weighted by molar-refractivity contribution is 5.93. The Morgan fingerprint density at radius 3 is 2.78 bits per heavy atom. The molecule has 2 aromatic rings. The fraction of sp³-hybridized carbons (Fsp3) is 0.412. The van der Waals surface area contributed by atoms with E-state index in [2.05, 4.69) is 15.4 Å². The number of nitrogens with two attached hydrogens (primary N) is 1. The van der Waals surface area contributed by atoms with Crippen LogP contribution in [0.5, 0.6) is 0 Å². The number of aromatic nitrogens is 3. The summed E-state index contributed by atoms with van der Waals surface area (Å²) in [6.45, 7) is 1.90. The molecule has 2 amide bonds. The van der Waals surface area contributed by atoms with E-state index in [0.717, 1.165) is 12.8 Å². The molecule has 0 spiro atoms. The lowest BCUT2D eigenvalue weighted by molar-refractivity contribution is -0.126. The SMILES string of the molecule is Cl.Cl.NCCNC(=O)C1CCCN(C(=O)c2cccc(-n3cccn3)n2)C1. The minimum Gasteiger partial charge on any atom is -0.355 e. The van der Waals surface area contributed by atoms with Crippen LogP contribution in [0.25, 0.3) is 5.82 Å². The van der Waals surface area contributed by atoms with Gasteiger partial charge in [0.2, 0.25) is 5.91 Å². The first-order valence-electron chi connectivity index (χ1n) is 8.43. The monoisotopic (exact) mass is 414 g/mol. The predicted octanol–water partition coefficient (Wildman–Crippen LogP) is 1.04. The van der Waals surface area contributed by atoms with E-state index in [4.69, 9.17) is 5.73 Å². The van der Waals surface area contributed by atoms with Gasteiger partial charge in [0, 0.05) is 38.6 Å². The first-order chi connectivity index (χ1) is 12.2. The van der Waals surface area contributed by atoms with Gasteiger partial charge in [-0.2, -0.15) is 5.10 Å². The van der Waals surface area contributed by atoms with Crippen molar-refractivity contribution in [2.45, 2.75) is 12.8 Å². The average Bonchev–Trinajstić information content (AvgIpc) is 3.20. The third-order valence-electron chi connectivity index (χ3n) is 4.22. The molecule has 1 aliphatic rings. The highest BCUT2D eigenvalue weighted by Crippen LogP contribution is 2.19. The number of nitrogens with one attached hydrogen (secondary N) is 1. The molecule has 3 rings (SSSR count). The van der Waals surface area contributed by atoms with Crippen molar-refractivity contribution in [2.24, 2.45) is 11.7 Å². The Kier molecular flexibility index (Phi) is 9.20. The third kappa shape index (κ3) is 5.66. The normalized spacial score (nSPS) is 16.0. The molecule has 148 valence electrons. The maximum Gasteiger partial charge on any atom is 0.272 e. The molecule has 0 aliphatic carbocycles. The Bertz CT molecular complexity index is 741. The molecule has 0 saturated carbocycles. The summed E-state index contributed by atoms with van der Waals surface area (Å²) in [5, 5.41) is 6.93. The second kappa shape index (κ2) is 10.9. The summed E-state index contributed by atoms with van der Waals surface area (Å²) in [6, 6.07) is 7.06. The van der Waals surface area contributed by atoms with E-state index in [-0.39, 0.29) is 42.5 Å². The van der Waals surface area contributed by atoms with E-state index < -0.39 is 0 Å². The Hall–Kier alpha value is -2.16. The van der Waals surface area contributed by atoms with E-state index in [1.807, 2.05) is 0 Å². The van der Waals surface area contributed by atoms with Gasteiger partial charge in [-0.05, 0) is 31.0 Å². The molecular weight excluding hydrogens is 391 g/mol. The summed E-state index contributed by atoms with van der Waals surface area (Å²) in [5.41, 5.74) is 5.78. The molecule has 1 unspecified atom stereocenters. The van der Waals surface area contributed by atoms with Gasteiger partial charge >= 0.3 is 0 Å². The minimum absolute atomic E-state index is 0. The number of carbonyl (C=O) groups is 2. The van der Waals surface area contributed by atoms with Crippen molar-refractivity contribution in [3.8, 4) is 5.82 Å². The number of rotatable bonds is 5. The van der Waals surface area contributed by atoms with Gasteiger partial charge in [0.05, 0.1) is 5.92 Å². The average molecular weight is 415 g/mol. The van der Waals surface area contributed by atoms with Gasteiger partial charge in [-0.3, -0.25) is 9.59 Å². The highest BCUT2D eigenvalue weighted by atomic mass is 35.5. The smallest absolute Gasteiger partial charge is 0.272 e. The second-order valence-corrected chi connectivity index (χ2v) is 6.00. The van der Waals surface area contributed by atoms with Crippen LogP contribution >= 0.6 is 24.8 Å².